The van der Waals surface area contributed by atoms with Crippen LogP contribution in [0.4, 0.5) is 0 Å². The molecule has 0 aliphatic heterocycles. The maximum absolute atomic E-state index is 12.9. The zero-order valence-corrected chi connectivity index (χ0v) is 15.6. The molecule has 4 nitrogen and oxygen atoms in total. The van der Waals surface area contributed by atoms with E-state index in [4.69, 9.17) is 4.42 Å². The van der Waals surface area contributed by atoms with Gasteiger partial charge in [-0.3, -0.25) is 4.79 Å². The average molecular weight is 370 g/mol. The fourth-order valence-corrected chi connectivity index (χ4v) is 4.25. The number of carbonyl (C=O) groups excluding carboxylic acids is 1. The van der Waals surface area contributed by atoms with Crippen LogP contribution in [0.5, 0.6) is 0 Å². The Morgan fingerprint density at radius 1 is 1.15 bits per heavy atom. The number of thiophene rings is 1. The standard InChI is InChI=1S/C22H14N2O2S/c1-12(2)19-9-18-20(27-19)8-14(26-18)7-17-21(13(10-23)11-24)15-5-3-4-6-16(15)22(17)25/h3-9,12H,1-2H3/b17-7-. The number of carbonyl (C=O) groups is 1. The molecule has 0 saturated heterocycles. The van der Waals surface area contributed by atoms with Crippen molar-refractivity contribution in [3.05, 3.63) is 69.3 Å². The van der Waals surface area contributed by atoms with Gasteiger partial charge in [0.1, 0.15) is 29.1 Å². The predicted molar refractivity (Wildman–Crippen MR) is 105 cm³/mol. The van der Waals surface area contributed by atoms with E-state index in [1.54, 1.807) is 41.7 Å². The summed E-state index contributed by atoms with van der Waals surface area (Å²) in [7, 11) is 0. The van der Waals surface area contributed by atoms with Crippen molar-refractivity contribution in [2.45, 2.75) is 19.8 Å². The third kappa shape index (κ3) is 2.70. The molecule has 3 aromatic rings. The van der Waals surface area contributed by atoms with Gasteiger partial charge >= 0.3 is 0 Å². The normalized spacial score (nSPS) is 14.6. The number of allylic oxidation sites excluding steroid dienone is 3. The molecular weight excluding hydrogens is 356 g/mol. The van der Waals surface area contributed by atoms with Crippen LogP contribution in [0.2, 0.25) is 0 Å². The number of Topliss-reactive ketones (excluding diaryl/α,β-unsaturated/α-hetero) is 1. The minimum absolute atomic E-state index is 0.0741. The Hall–Kier alpha value is -3.41. The fraction of sp³-hybridized carbons (Fsp3) is 0.136. The summed E-state index contributed by atoms with van der Waals surface area (Å²) in [5.74, 6) is 0.760. The Bertz CT molecular complexity index is 1190. The summed E-state index contributed by atoms with van der Waals surface area (Å²) in [6, 6.07) is 14.8. The minimum atomic E-state index is -0.203. The quantitative estimate of drug-likeness (QED) is 0.428. The third-order valence-corrected chi connectivity index (χ3v) is 5.89. The predicted octanol–water partition coefficient (Wildman–Crippen LogP) is 5.70. The highest BCUT2D eigenvalue weighted by atomic mass is 32.1. The van der Waals surface area contributed by atoms with Crippen LogP contribution in [-0.2, 0) is 0 Å². The molecule has 0 fully saturated rings. The number of fused-ring (bicyclic) bond motifs is 2. The lowest BCUT2D eigenvalue weighted by atomic mass is 9.99. The lowest BCUT2D eigenvalue weighted by Gasteiger charge is -2.01. The zero-order chi connectivity index (χ0) is 19.1. The molecule has 4 rings (SSSR count). The van der Waals surface area contributed by atoms with Gasteiger partial charge in [0.25, 0.3) is 0 Å². The Balaban J connectivity index is 1.88. The number of nitriles is 2. The third-order valence-electron chi connectivity index (χ3n) is 4.53. The van der Waals surface area contributed by atoms with Crippen LogP contribution in [0.25, 0.3) is 21.9 Å². The number of benzene rings is 1. The summed E-state index contributed by atoms with van der Waals surface area (Å²) in [4.78, 5) is 14.1. The van der Waals surface area contributed by atoms with Crippen LogP contribution in [0.1, 0.15) is 46.3 Å². The van der Waals surface area contributed by atoms with E-state index in [1.165, 1.54) is 4.88 Å². The Morgan fingerprint density at radius 3 is 2.48 bits per heavy atom. The summed E-state index contributed by atoms with van der Waals surface area (Å²) in [5.41, 5.74) is 2.52. The lowest BCUT2D eigenvalue weighted by Crippen LogP contribution is -1.95. The number of nitrogens with zero attached hydrogens (tertiary/aromatic N) is 2. The molecule has 5 heteroatoms. The van der Waals surface area contributed by atoms with Gasteiger partial charge in [-0.15, -0.1) is 11.3 Å². The number of ketones is 1. The molecule has 0 radical (unpaired) electrons. The van der Waals surface area contributed by atoms with E-state index in [2.05, 4.69) is 13.8 Å². The monoisotopic (exact) mass is 370 g/mol. The topological polar surface area (TPSA) is 77.8 Å². The van der Waals surface area contributed by atoms with E-state index in [0.29, 0.717) is 34.0 Å². The second-order valence-electron chi connectivity index (χ2n) is 6.59. The van der Waals surface area contributed by atoms with Gasteiger partial charge in [0.05, 0.1) is 4.70 Å². The van der Waals surface area contributed by atoms with Crippen molar-refractivity contribution in [2.24, 2.45) is 0 Å². The van der Waals surface area contributed by atoms with Gasteiger partial charge < -0.3 is 4.42 Å². The molecule has 2 heterocycles. The molecule has 0 atom stereocenters. The SMILES string of the molecule is CC(C)c1cc2oc(/C=C3\C(=O)c4ccccc4C3=C(C#N)C#N)cc2s1. The van der Waals surface area contributed by atoms with Gasteiger partial charge in [-0.25, -0.2) is 0 Å². The number of rotatable bonds is 2. The van der Waals surface area contributed by atoms with Crippen molar-refractivity contribution in [1.82, 2.24) is 0 Å². The molecule has 0 amide bonds. The Labute approximate surface area is 160 Å². The number of hydrogen-bond donors (Lipinski definition) is 0. The van der Waals surface area contributed by atoms with Gasteiger partial charge in [0.15, 0.2) is 5.78 Å². The second-order valence-corrected chi connectivity index (χ2v) is 7.70. The number of furan rings is 1. The second kappa shape index (κ2) is 6.39. The van der Waals surface area contributed by atoms with Crippen LogP contribution in [-0.4, -0.2) is 5.78 Å². The van der Waals surface area contributed by atoms with E-state index in [1.807, 2.05) is 24.3 Å². The van der Waals surface area contributed by atoms with Crippen LogP contribution in [0, 0.1) is 22.7 Å². The van der Waals surface area contributed by atoms with Crippen molar-refractivity contribution in [3.8, 4) is 12.1 Å². The van der Waals surface area contributed by atoms with Crippen molar-refractivity contribution in [2.75, 3.05) is 0 Å². The van der Waals surface area contributed by atoms with E-state index in [0.717, 1.165) is 10.3 Å². The van der Waals surface area contributed by atoms with Gasteiger partial charge in [-0.2, -0.15) is 10.5 Å². The highest BCUT2D eigenvalue weighted by molar-refractivity contribution is 7.19. The van der Waals surface area contributed by atoms with E-state index in [-0.39, 0.29) is 11.4 Å². The fourth-order valence-electron chi connectivity index (χ4n) is 3.22. The first kappa shape index (κ1) is 17.0. The largest absolute Gasteiger partial charge is 0.456 e. The van der Waals surface area contributed by atoms with Crippen LogP contribution < -0.4 is 0 Å². The first-order chi connectivity index (χ1) is 13.0. The van der Waals surface area contributed by atoms with Crippen LogP contribution >= 0.6 is 11.3 Å². The summed E-state index contributed by atoms with van der Waals surface area (Å²) < 4.78 is 6.91. The molecule has 0 bridgehead atoms. The Morgan fingerprint density at radius 2 is 1.85 bits per heavy atom. The molecule has 0 N–H and O–H groups in total. The maximum Gasteiger partial charge on any atom is 0.194 e. The summed E-state index contributed by atoms with van der Waals surface area (Å²) in [6.07, 6.45) is 1.63. The van der Waals surface area contributed by atoms with Crippen molar-refractivity contribution in [3.63, 3.8) is 0 Å². The average Bonchev–Trinajstić information content (AvgIpc) is 3.29. The van der Waals surface area contributed by atoms with Crippen molar-refractivity contribution < 1.29 is 9.21 Å². The molecule has 1 aliphatic carbocycles. The zero-order valence-electron chi connectivity index (χ0n) is 14.7. The maximum atomic E-state index is 12.9. The molecule has 0 spiro atoms. The summed E-state index contributed by atoms with van der Waals surface area (Å²) in [6.45, 7) is 4.26. The molecule has 2 aromatic heterocycles. The smallest absolute Gasteiger partial charge is 0.194 e. The molecule has 1 aliphatic rings. The van der Waals surface area contributed by atoms with Crippen LogP contribution in [0.15, 0.2) is 52.0 Å². The highest BCUT2D eigenvalue weighted by Gasteiger charge is 2.32. The first-order valence-corrected chi connectivity index (χ1v) is 9.29. The van der Waals surface area contributed by atoms with Crippen LogP contribution in [0.3, 0.4) is 0 Å². The van der Waals surface area contributed by atoms with E-state index < -0.39 is 0 Å². The van der Waals surface area contributed by atoms with Gasteiger partial charge in [-0.05, 0) is 23.6 Å². The van der Waals surface area contributed by atoms with Gasteiger partial charge in [0.2, 0.25) is 0 Å². The Kier molecular flexibility index (Phi) is 4.03. The molecule has 1 aromatic carbocycles. The summed E-state index contributed by atoms with van der Waals surface area (Å²) >= 11 is 1.66. The highest BCUT2D eigenvalue weighted by Crippen LogP contribution is 2.40. The molecule has 0 saturated carbocycles. The van der Waals surface area contributed by atoms with Crippen molar-refractivity contribution >= 4 is 39.1 Å². The lowest BCUT2D eigenvalue weighted by molar-refractivity contribution is 0.104. The van der Waals surface area contributed by atoms with Crippen molar-refractivity contribution in [1.29, 1.82) is 10.5 Å². The molecular formula is C22H14N2O2S. The molecule has 0 unspecified atom stereocenters. The molecule has 27 heavy (non-hydrogen) atoms. The minimum Gasteiger partial charge on any atom is -0.456 e. The first-order valence-electron chi connectivity index (χ1n) is 8.47. The molecule has 130 valence electrons. The number of hydrogen-bond acceptors (Lipinski definition) is 5. The van der Waals surface area contributed by atoms with E-state index >= 15 is 0 Å². The van der Waals surface area contributed by atoms with E-state index in [9.17, 15) is 15.3 Å². The summed E-state index contributed by atoms with van der Waals surface area (Å²) in [5, 5.41) is 18.7. The van der Waals surface area contributed by atoms with Gasteiger partial charge in [-0.1, -0.05) is 38.1 Å². The van der Waals surface area contributed by atoms with Gasteiger partial charge in [0, 0.05) is 27.7 Å².